The third-order valence-electron chi connectivity index (χ3n) is 1.58. The van der Waals surface area contributed by atoms with Gasteiger partial charge in [0.1, 0.15) is 0 Å². The highest BCUT2D eigenvalue weighted by Crippen LogP contribution is 2.24. The molecule has 0 aliphatic carbocycles. The van der Waals surface area contributed by atoms with Crippen LogP contribution < -0.4 is 5.73 Å². The van der Waals surface area contributed by atoms with Crippen LogP contribution in [0.4, 0.5) is 5.69 Å². The lowest BCUT2D eigenvalue weighted by Gasteiger charge is -2.08. The number of aliphatic hydroxyl groups is 1. The normalized spacial score (nSPS) is 12.5. The minimum absolute atomic E-state index is 0.196. The maximum atomic E-state index is 10.4. The van der Waals surface area contributed by atoms with E-state index in [0.29, 0.717) is 4.47 Å². The average Bonchev–Trinajstić information content (AvgIpc) is 2.08. The molecule has 0 fully saturated rings. The van der Waals surface area contributed by atoms with E-state index in [0.717, 1.165) is 0 Å². The van der Waals surface area contributed by atoms with E-state index >= 15 is 0 Å². The average molecular weight is 246 g/mol. The van der Waals surface area contributed by atoms with Crippen molar-refractivity contribution in [3.63, 3.8) is 0 Å². The van der Waals surface area contributed by atoms with Gasteiger partial charge in [0.15, 0.2) is 6.10 Å². The third-order valence-corrected chi connectivity index (χ3v) is 2.07. The van der Waals surface area contributed by atoms with Gasteiger partial charge in [-0.15, -0.1) is 0 Å². The van der Waals surface area contributed by atoms with Crippen molar-refractivity contribution in [3.05, 3.63) is 28.2 Å². The Morgan fingerprint density at radius 2 is 2.15 bits per heavy atom. The SMILES string of the molecule is Nc1ccc(Br)cc1C(O)C(=O)O. The van der Waals surface area contributed by atoms with Gasteiger partial charge < -0.3 is 15.9 Å². The van der Waals surface area contributed by atoms with Crippen LogP contribution in [-0.2, 0) is 4.79 Å². The number of nitrogen functional groups attached to an aromatic ring is 1. The number of carbonyl (C=O) groups is 1. The number of rotatable bonds is 2. The first-order chi connectivity index (χ1) is 6.02. The first-order valence-corrected chi connectivity index (χ1v) is 4.27. The van der Waals surface area contributed by atoms with Gasteiger partial charge in [0.25, 0.3) is 0 Å². The number of aliphatic carboxylic acids is 1. The highest BCUT2D eigenvalue weighted by molar-refractivity contribution is 9.10. The number of carboxylic acids is 1. The lowest BCUT2D eigenvalue weighted by atomic mass is 10.1. The minimum atomic E-state index is -1.57. The zero-order valence-corrected chi connectivity index (χ0v) is 8.15. The number of halogens is 1. The van der Waals surface area contributed by atoms with Gasteiger partial charge in [-0.25, -0.2) is 4.79 Å². The van der Waals surface area contributed by atoms with Gasteiger partial charge in [-0.1, -0.05) is 15.9 Å². The molecule has 1 rings (SSSR count). The van der Waals surface area contributed by atoms with Crippen molar-refractivity contribution >= 4 is 27.6 Å². The monoisotopic (exact) mass is 245 g/mol. The summed E-state index contributed by atoms with van der Waals surface area (Å²) in [5, 5.41) is 17.7. The molecule has 13 heavy (non-hydrogen) atoms. The summed E-state index contributed by atoms with van der Waals surface area (Å²) < 4.78 is 0.678. The Morgan fingerprint density at radius 3 is 2.69 bits per heavy atom. The van der Waals surface area contributed by atoms with Gasteiger partial charge in [-0.05, 0) is 18.2 Å². The summed E-state index contributed by atoms with van der Waals surface area (Å²) in [4.78, 5) is 10.4. The largest absolute Gasteiger partial charge is 0.479 e. The minimum Gasteiger partial charge on any atom is -0.479 e. The van der Waals surface area contributed by atoms with Gasteiger partial charge >= 0.3 is 5.97 Å². The molecule has 1 atom stereocenters. The number of benzene rings is 1. The molecule has 0 aliphatic rings. The second-order valence-electron chi connectivity index (χ2n) is 2.51. The Hall–Kier alpha value is -1.07. The molecule has 4 N–H and O–H groups in total. The molecule has 0 saturated carbocycles. The van der Waals surface area contributed by atoms with Gasteiger partial charge in [0, 0.05) is 15.7 Å². The van der Waals surface area contributed by atoms with Crippen molar-refractivity contribution in [2.45, 2.75) is 6.10 Å². The van der Waals surface area contributed by atoms with Crippen LogP contribution in [0.25, 0.3) is 0 Å². The van der Waals surface area contributed by atoms with Crippen molar-refractivity contribution in [2.24, 2.45) is 0 Å². The number of carboxylic acid groups (broad SMARTS) is 1. The zero-order chi connectivity index (χ0) is 10.0. The van der Waals surface area contributed by atoms with Crippen LogP contribution in [0.3, 0.4) is 0 Å². The fraction of sp³-hybridized carbons (Fsp3) is 0.125. The zero-order valence-electron chi connectivity index (χ0n) is 6.57. The highest BCUT2D eigenvalue weighted by Gasteiger charge is 2.18. The fourth-order valence-electron chi connectivity index (χ4n) is 0.915. The third kappa shape index (κ3) is 2.19. The summed E-state index contributed by atoms with van der Waals surface area (Å²) in [5.74, 6) is -1.31. The highest BCUT2D eigenvalue weighted by atomic mass is 79.9. The molecule has 0 heterocycles. The van der Waals surface area contributed by atoms with Crippen molar-refractivity contribution < 1.29 is 15.0 Å². The second kappa shape index (κ2) is 3.76. The van der Waals surface area contributed by atoms with Gasteiger partial charge in [-0.2, -0.15) is 0 Å². The summed E-state index contributed by atoms with van der Waals surface area (Å²) in [7, 11) is 0. The maximum Gasteiger partial charge on any atom is 0.337 e. The lowest BCUT2D eigenvalue weighted by Crippen LogP contribution is -2.12. The lowest BCUT2D eigenvalue weighted by molar-refractivity contribution is -0.146. The molecule has 5 heteroatoms. The van der Waals surface area contributed by atoms with Crippen molar-refractivity contribution in [3.8, 4) is 0 Å². The molecule has 1 unspecified atom stereocenters. The molecule has 0 saturated heterocycles. The molecule has 0 amide bonds. The summed E-state index contributed by atoms with van der Waals surface area (Å²) in [6.45, 7) is 0. The first-order valence-electron chi connectivity index (χ1n) is 3.48. The Morgan fingerprint density at radius 1 is 1.54 bits per heavy atom. The fourth-order valence-corrected chi connectivity index (χ4v) is 1.29. The topological polar surface area (TPSA) is 83.5 Å². The number of hydrogen-bond donors (Lipinski definition) is 3. The van der Waals surface area contributed by atoms with E-state index in [1.807, 2.05) is 0 Å². The van der Waals surface area contributed by atoms with E-state index in [2.05, 4.69) is 15.9 Å². The van der Waals surface area contributed by atoms with Crippen molar-refractivity contribution in [1.82, 2.24) is 0 Å². The molecule has 0 bridgehead atoms. The number of aliphatic hydroxyl groups excluding tert-OH is 1. The number of nitrogens with two attached hydrogens (primary N) is 1. The molecular weight excluding hydrogens is 238 g/mol. The van der Waals surface area contributed by atoms with Crippen LogP contribution in [0.2, 0.25) is 0 Å². The molecule has 1 aromatic rings. The predicted molar refractivity (Wildman–Crippen MR) is 51.2 cm³/mol. The first kappa shape index (κ1) is 10.0. The quantitative estimate of drug-likeness (QED) is 0.683. The standard InChI is InChI=1S/C8H8BrNO3/c9-4-1-2-6(10)5(3-4)7(11)8(12)13/h1-3,7,11H,10H2,(H,12,13). The van der Waals surface area contributed by atoms with E-state index in [1.54, 1.807) is 6.07 Å². The number of anilines is 1. The molecule has 0 aliphatic heterocycles. The molecule has 4 nitrogen and oxygen atoms in total. The molecule has 0 spiro atoms. The van der Waals surface area contributed by atoms with E-state index < -0.39 is 12.1 Å². The van der Waals surface area contributed by atoms with Crippen LogP contribution in [0.15, 0.2) is 22.7 Å². The van der Waals surface area contributed by atoms with Gasteiger partial charge in [0.2, 0.25) is 0 Å². The Bertz CT molecular complexity index is 340. The summed E-state index contributed by atoms with van der Waals surface area (Å²) >= 11 is 3.15. The van der Waals surface area contributed by atoms with E-state index in [-0.39, 0.29) is 11.3 Å². The summed E-state index contributed by atoms with van der Waals surface area (Å²) in [6, 6.07) is 4.69. The van der Waals surface area contributed by atoms with Gasteiger partial charge in [-0.3, -0.25) is 0 Å². The molecular formula is C8H8BrNO3. The molecule has 1 aromatic carbocycles. The van der Waals surface area contributed by atoms with Crippen LogP contribution in [0.5, 0.6) is 0 Å². The molecule has 0 radical (unpaired) electrons. The van der Waals surface area contributed by atoms with E-state index in [1.165, 1.54) is 12.1 Å². The van der Waals surface area contributed by atoms with Crippen LogP contribution in [0, 0.1) is 0 Å². The Kier molecular flexibility index (Phi) is 2.90. The Balaban J connectivity index is 3.12. The van der Waals surface area contributed by atoms with Crippen LogP contribution >= 0.6 is 15.9 Å². The van der Waals surface area contributed by atoms with Crippen LogP contribution in [0.1, 0.15) is 11.7 Å². The molecule has 70 valence electrons. The second-order valence-corrected chi connectivity index (χ2v) is 3.43. The van der Waals surface area contributed by atoms with Crippen LogP contribution in [-0.4, -0.2) is 16.2 Å². The maximum absolute atomic E-state index is 10.4. The van der Waals surface area contributed by atoms with Gasteiger partial charge in [0.05, 0.1) is 0 Å². The summed E-state index contributed by atoms with van der Waals surface area (Å²) in [5.41, 5.74) is 5.94. The van der Waals surface area contributed by atoms with E-state index in [4.69, 9.17) is 10.8 Å². The smallest absolute Gasteiger partial charge is 0.337 e. The van der Waals surface area contributed by atoms with E-state index in [9.17, 15) is 9.90 Å². The van der Waals surface area contributed by atoms with Crippen molar-refractivity contribution in [2.75, 3.05) is 5.73 Å². The molecule has 0 aromatic heterocycles. The summed E-state index contributed by atoms with van der Waals surface area (Å²) in [6.07, 6.45) is -1.57. The Labute approximate surface area is 83.1 Å². The predicted octanol–water partition coefficient (Wildman–Crippen LogP) is 1.15. The number of hydrogen-bond acceptors (Lipinski definition) is 3. The van der Waals surface area contributed by atoms with Crippen molar-refractivity contribution in [1.29, 1.82) is 0 Å².